The Bertz CT molecular complexity index is 929. The molecule has 0 aromatic heterocycles. The minimum Gasteiger partial charge on any atom is -0.492 e. The fourth-order valence-electron chi connectivity index (χ4n) is 2.56. The van der Waals surface area contributed by atoms with Crippen LogP contribution in [-0.4, -0.2) is 27.5 Å². The number of hydrogen-bond acceptors (Lipinski definition) is 4. The Hall–Kier alpha value is -2.45. The van der Waals surface area contributed by atoms with Crippen molar-refractivity contribution >= 4 is 21.6 Å². The normalized spacial score (nSPS) is 11.3. The second-order valence-corrected chi connectivity index (χ2v) is 7.77. The minimum atomic E-state index is -3.70. The number of nitrogens with one attached hydrogen (secondary N) is 2. The zero-order valence-corrected chi connectivity index (χ0v) is 16.3. The van der Waals surface area contributed by atoms with Gasteiger partial charge < -0.3 is 10.1 Å². The van der Waals surface area contributed by atoms with E-state index in [1.54, 1.807) is 32.0 Å². The number of hydrogen-bond donors (Lipinski definition) is 2. The fourth-order valence-corrected chi connectivity index (χ4v) is 3.82. The number of rotatable bonds is 8. The van der Waals surface area contributed by atoms with Crippen molar-refractivity contribution in [3.05, 3.63) is 53.3 Å². The molecule has 2 aromatic rings. The first-order chi connectivity index (χ1) is 12.7. The van der Waals surface area contributed by atoms with Gasteiger partial charge in [0.05, 0.1) is 17.2 Å². The number of ether oxygens (including phenoxy) is 1. The van der Waals surface area contributed by atoms with Gasteiger partial charge in [-0.15, -0.1) is 0 Å². The monoisotopic (exact) mass is 394 g/mol. The van der Waals surface area contributed by atoms with Gasteiger partial charge in [-0.1, -0.05) is 17.7 Å². The van der Waals surface area contributed by atoms with E-state index in [1.807, 2.05) is 6.92 Å². The van der Waals surface area contributed by atoms with Crippen LogP contribution in [0.15, 0.2) is 41.3 Å². The number of amides is 1. The summed E-state index contributed by atoms with van der Waals surface area (Å²) in [6, 6.07) is 8.84. The largest absolute Gasteiger partial charge is 0.492 e. The second-order valence-electron chi connectivity index (χ2n) is 6.04. The molecule has 0 aliphatic carbocycles. The maximum absolute atomic E-state index is 13.3. The molecule has 1 amide bonds. The molecule has 0 bridgehead atoms. The van der Waals surface area contributed by atoms with Gasteiger partial charge in [-0.05, 0) is 44.5 Å². The molecule has 0 saturated carbocycles. The second kappa shape index (κ2) is 8.96. The quantitative estimate of drug-likeness (QED) is 0.720. The van der Waals surface area contributed by atoms with Gasteiger partial charge in [0.15, 0.2) is 0 Å². The Labute approximate surface area is 158 Å². The molecule has 2 N–H and O–H groups in total. The van der Waals surface area contributed by atoms with Gasteiger partial charge in [0, 0.05) is 19.0 Å². The summed E-state index contributed by atoms with van der Waals surface area (Å²) in [6.07, 6.45) is -0.0763. The minimum absolute atomic E-state index is 0.0629. The number of halogens is 1. The van der Waals surface area contributed by atoms with E-state index in [0.29, 0.717) is 17.9 Å². The molecular weight excluding hydrogens is 371 g/mol. The average Bonchev–Trinajstić information content (AvgIpc) is 2.57. The van der Waals surface area contributed by atoms with Gasteiger partial charge in [0.1, 0.15) is 11.6 Å². The molecule has 0 atom stereocenters. The van der Waals surface area contributed by atoms with E-state index < -0.39 is 21.7 Å². The predicted molar refractivity (Wildman–Crippen MR) is 102 cm³/mol. The van der Waals surface area contributed by atoms with E-state index >= 15 is 0 Å². The molecule has 27 heavy (non-hydrogen) atoms. The molecule has 0 saturated heterocycles. The van der Waals surface area contributed by atoms with Crippen molar-refractivity contribution in [2.24, 2.45) is 0 Å². The summed E-state index contributed by atoms with van der Waals surface area (Å²) in [4.78, 5) is 12.3. The van der Waals surface area contributed by atoms with Crippen molar-refractivity contribution in [2.45, 2.75) is 32.1 Å². The van der Waals surface area contributed by atoms with Gasteiger partial charge in [0.25, 0.3) is 0 Å². The first-order valence-electron chi connectivity index (χ1n) is 8.52. The number of benzene rings is 2. The van der Waals surface area contributed by atoms with E-state index in [4.69, 9.17) is 4.74 Å². The van der Waals surface area contributed by atoms with Crippen LogP contribution < -0.4 is 14.8 Å². The van der Waals surface area contributed by atoms with Gasteiger partial charge in [-0.25, -0.2) is 17.5 Å². The zero-order valence-electron chi connectivity index (χ0n) is 15.5. The van der Waals surface area contributed by atoms with E-state index in [9.17, 15) is 17.6 Å². The molecule has 0 radical (unpaired) electrons. The first-order valence-corrected chi connectivity index (χ1v) is 10.0. The van der Waals surface area contributed by atoms with Crippen LogP contribution in [0.2, 0.25) is 0 Å². The molecule has 146 valence electrons. The molecule has 2 aromatic carbocycles. The van der Waals surface area contributed by atoms with Crippen LogP contribution in [0.1, 0.15) is 24.5 Å². The van der Waals surface area contributed by atoms with Gasteiger partial charge in [-0.3, -0.25) is 4.79 Å². The predicted octanol–water partition coefficient (Wildman–Crippen LogP) is 3.15. The summed E-state index contributed by atoms with van der Waals surface area (Å²) < 4.78 is 45.8. The van der Waals surface area contributed by atoms with Gasteiger partial charge in [0.2, 0.25) is 15.9 Å². The SMILES string of the molecule is CCOc1cc(F)ccc1NC(=O)CCNS(=O)(=O)c1ccc(C)cc1C. The number of carbonyl (C=O) groups excluding carboxylic acids is 1. The van der Waals surface area contributed by atoms with Crippen LogP contribution in [0.25, 0.3) is 0 Å². The third-order valence-electron chi connectivity index (χ3n) is 3.78. The summed E-state index contributed by atoms with van der Waals surface area (Å²) in [7, 11) is -3.70. The van der Waals surface area contributed by atoms with E-state index in [-0.39, 0.29) is 23.6 Å². The fraction of sp³-hybridized carbons (Fsp3) is 0.316. The smallest absolute Gasteiger partial charge is 0.240 e. The number of sulfonamides is 1. The highest BCUT2D eigenvalue weighted by Gasteiger charge is 2.17. The van der Waals surface area contributed by atoms with Crippen LogP contribution in [0.3, 0.4) is 0 Å². The van der Waals surface area contributed by atoms with Crippen molar-refractivity contribution < 1.29 is 22.3 Å². The van der Waals surface area contributed by atoms with Crippen molar-refractivity contribution in [3.8, 4) is 5.75 Å². The van der Waals surface area contributed by atoms with Crippen LogP contribution >= 0.6 is 0 Å². The van der Waals surface area contributed by atoms with E-state index in [1.165, 1.54) is 18.2 Å². The van der Waals surface area contributed by atoms with Gasteiger partial charge in [-0.2, -0.15) is 0 Å². The van der Waals surface area contributed by atoms with Crippen LogP contribution in [0.4, 0.5) is 10.1 Å². The summed E-state index contributed by atoms with van der Waals surface area (Å²) in [5.74, 6) is -0.662. The summed E-state index contributed by atoms with van der Waals surface area (Å²) in [6.45, 7) is 5.61. The lowest BCUT2D eigenvalue weighted by Gasteiger charge is -2.12. The third-order valence-corrected chi connectivity index (χ3v) is 5.40. The van der Waals surface area contributed by atoms with Crippen LogP contribution in [-0.2, 0) is 14.8 Å². The Morgan fingerprint density at radius 2 is 1.89 bits per heavy atom. The average molecular weight is 394 g/mol. The molecule has 0 aliphatic heterocycles. The Kier molecular flexibility index (Phi) is 6.92. The lowest BCUT2D eigenvalue weighted by atomic mass is 10.2. The molecular formula is C19H23FN2O4S. The highest BCUT2D eigenvalue weighted by Crippen LogP contribution is 2.25. The highest BCUT2D eigenvalue weighted by atomic mass is 32.2. The molecule has 6 nitrogen and oxygen atoms in total. The topological polar surface area (TPSA) is 84.5 Å². The van der Waals surface area contributed by atoms with E-state index in [0.717, 1.165) is 5.56 Å². The molecule has 8 heteroatoms. The third kappa shape index (κ3) is 5.77. The lowest BCUT2D eigenvalue weighted by Crippen LogP contribution is -2.28. The molecule has 0 unspecified atom stereocenters. The Balaban J connectivity index is 1.96. The molecule has 2 rings (SSSR count). The van der Waals surface area contributed by atoms with Gasteiger partial charge >= 0.3 is 0 Å². The maximum atomic E-state index is 13.3. The van der Waals surface area contributed by atoms with Crippen molar-refractivity contribution in [1.29, 1.82) is 0 Å². The van der Waals surface area contributed by atoms with E-state index in [2.05, 4.69) is 10.0 Å². The molecule has 0 aliphatic rings. The Morgan fingerprint density at radius 3 is 2.56 bits per heavy atom. The van der Waals surface area contributed by atoms with Crippen molar-refractivity contribution in [2.75, 3.05) is 18.5 Å². The maximum Gasteiger partial charge on any atom is 0.240 e. The summed E-state index contributed by atoms with van der Waals surface area (Å²) in [5, 5.41) is 2.60. The number of anilines is 1. The summed E-state index contributed by atoms with van der Waals surface area (Å²) >= 11 is 0. The first kappa shape index (κ1) is 20.9. The zero-order chi connectivity index (χ0) is 20.0. The molecule has 0 heterocycles. The van der Waals surface area contributed by atoms with Crippen LogP contribution in [0, 0.1) is 19.7 Å². The van der Waals surface area contributed by atoms with Crippen molar-refractivity contribution in [3.63, 3.8) is 0 Å². The van der Waals surface area contributed by atoms with Crippen LogP contribution in [0.5, 0.6) is 5.75 Å². The summed E-state index contributed by atoms with van der Waals surface area (Å²) in [5.41, 5.74) is 1.94. The van der Waals surface area contributed by atoms with Crippen molar-refractivity contribution in [1.82, 2.24) is 4.72 Å². The standard InChI is InChI=1S/C19H23FN2O4S/c1-4-26-17-12-15(20)6-7-16(17)22-19(23)9-10-21-27(24,25)18-8-5-13(2)11-14(18)3/h5-8,11-12,21H,4,9-10H2,1-3H3,(H,22,23). The highest BCUT2D eigenvalue weighted by molar-refractivity contribution is 7.89. The number of carbonyl (C=O) groups is 1. The Morgan fingerprint density at radius 1 is 1.15 bits per heavy atom. The lowest BCUT2D eigenvalue weighted by molar-refractivity contribution is -0.116. The molecule has 0 fully saturated rings. The number of aryl methyl sites for hydroxylation is 2. The molecule has 0 spiro atoms.